The quantitative estimate of drug-likeness (QED) is 0.847. The van der Waals surface area contributed by atoms with Crippen LogP contribution in [0.4, 0.5) is 0 Å². The third-order valence-electron chi connectivity index (χ3n) is 4.26. The Morgan fingerprint density at radius 1 is 1.17 bits per heavy atom. The summed E-state index contributed by atoms with van der Waals surface area (Å²) in [7, 11) is 3.22. The van der Waals surface area contributed by atoms with E-state index in [9.17, 15) is 4.79 Å². The fourth-order valence-electron chi connectivity index (χ4n) is 3.01. The van der Waals surface area contributed by atoms with Crippen molar-refractivity contribution in [2.45, 2.75) is 19.5 Å². The molecular formula is C18H18ClNO3. The largest absolute Gasteiger partial charge is 0.497 e. The van der Waals surface area contributed by atoms with Crippen LogP contribution in [0.2, 0.25) is 5.02 Å². The first kappa shape index (κ1) is 15.7. The lowest BCUT2D eigenvalue weighted by Crippen LogP contribution is -2.26. The van der Waals surface area contributed by atoms with Gasteiger partial charge in [-0.1, -0.05) is 17.7 Å². The molecule has 1 aliphatic heterocycles. The maximum absolute atomic E-state index is 12.7. The molecule has 5 heteroatoms. The Kier molecular flexibility index (Phi) is 4.18. The van der Waals surface area contributed by atoms with E-state index < -0.39 is 0 Å². The van der Waals surface area contributed by atoms with E-state index in [1.165, 1.54) is 0 Å². The maximum atomic E-state index is 12.7. The topological polar surface area (TPSA) is 38.8 Å². The highest BCUT2D eigenvalue weighted by Crippen LogP contribution is 2.39. The van der Waals surface area contributed by atoms with Gasteiger partial charge in [0.25, 0.3) is 5.91 Å². The van der Waals surface area contributed by atoms with Gasteiger partial charge in [0, 0.05) is 27.8 Å². The van der Waals surface area contributed by atoms with E-state index in [1.54, 1.807) is 19.1 Å². The van der Waals surface area contributed by atoms with Crippen molar-refractivity contribution in [1.29, 1.82) is 0 Å². The summed E-state index contributed by atoms with van der Waals surface area (Å²) in [5.41, 5.74) is 2.50. The molecule has 0 saturated heterocycles. The molecule has 0 N–H and O–H groups in total. The molecule has 0 fully saturated rings. The first-order valence-corrected chi connectivity index (χ1v) is 7.75. The lowest BCUT2D eigenvalue weighted by Gasteiger charge is -2.23. The summed E-state index contributed by atoms with van der Waals surface area (Å²) < 4.78 is 10.6. The first-order valence-electron chi connectivity index (χ1n) is 7.37. The Hall–Kier alpha value is -2.20. The smallest absolute Gasteiger partial charge is 0.255 e. The molecule has 1 aliphatic rings. The van der Waals surface area contributed by atoms with E-state index in [1.807, 2.05) is 43.3 Å². The van der Waals surface area contributed by atoms with Gasteiger partial charge >= 0.3 is 0 Å². The number of amides is 1. The molecule has 0 saturated carbocycles. The van der Waals surface area contributed by atoms with E-state index in [4.69, 9.17) is 21.1 Å². The van der Waals surface area contributed by atoms with E-state index >= 15 is 0 Å². The van der Waals surface area contributed by atoms with Crippen molar-refractivity contribution in [1.82, 2.24) is 4.90 Å². The fraction of sp³-hybridized carbons (Fsp3) is 0.278. The summed E-state index contributed by atoms with van der Waals surface area (Å²) in [5.74, 6) is 1.41. The lowest BCUT2D eigenvalue weighted by molar-refractivity contribution is 0.0721. The number of hydrogen-bond acceptors (Lipinski definition) is 3. The Balaban J connectivity index is 1.93. The van der Waals surface area contributed by atoms with Crippen molar-refractivity contribution in [2.75, 3.05) is 14.2 Å². The minimum atomic E-state index is -0.0713. The van der Waals surface area contributed by atoms with E-state index in [0.29, 0.717) is 22.9 Å². The highest BCUT2D eigenvalue weighted by molar-refractivity contribution is 6.32. The summed E-state index contributed by atoms with van der Waals surface area (Å²) >= 11 is 6.28. The summed E-state index contributed by atoms with van der Waals surface area (Å²) in [6, 6.07) is 11.0. The number of halogens is 1. The van der Waals surface area contributed by atoms with Gasteiger partial charge < -0.3 is 14.4 Å². The zero-order valence-electron chi connectivity index (χ0n) is 13.3. The molecule has 2 aromatic carbocycles. The highest BCUT2D eigenvalue weighted by Gasteiger charge is 2.35. The number of benzene rings is 2. The fourth-order valence-corrected chi connectivity index (χ4v) is 3.34. The van der Waals surface area contributed by atoms with Crippen LogP contribution in [-0.2, 0) is 6.54 Å². The van der Waals surface area contributed by atoms with Gasteiger partial charge in [0.05, 0.1) is 26.8 Å². The van der Waals surface area contributed by atoms with Gasteiger partial charge in [-0.3, -0.25) is 4.79 Å². The standard InChI is InChI=1S/C18H18ClNO3/c1-11-17-14(5-4-6-15(17)19)18(21)20(11)10-12-7-8-13(22-2)9-16(12)23-3/h4-9,11H,10H2,1-3H3. The molecule has 3 rings (SSSR count). The first-order chi connectivity index (χ1) is 11.1. The van der Waals surface area contributed by atoms with E-state index in [0.717, 1.165) is 16.9 Å². The number of carbonyl (C=O) groups excluding carboxylic acids is 1. The summed E-state index contributed by atoms with van der Waals surface area (Å²) in [5, 5.41) is 0.632. The van der Waals surface area contributed by atoms with Crippen LogP contribution in [0, 0.1) is 0 Å². The number of fused-ring (bicyclic) bond motifs is 1. The number of nitrogens with zero attached hydrogens (tertiary/aromatic N) is 1. The number of hydrogen-bond donors (Lipinski definition) is 0. The molecule has 1 atom stereocenters. The number of carbonyl (C=O) groups is 1. The molecule has 0 aromatic heterocycles. The average molecular weight is 332 g/mol. The molecule has 1 amide bonds. The van der Waals surface area contributed by atoms with Crippen molar-refractivity contribution in [3.8, 4) is 11.5 Å². The minimum Gasteiger partial charge on any atom is -0.497 e. The summed E-state index contributed by atoms with van der Waals surface area (Å²) in [6.07, 6.45) is 0. The molecule has 0 aliphatic carbocycles. The van der Waals surface area contributed by atoms with Crippen LogP contribution in [-0.4, -0.2) is 25.0 Å². The van der Waals surface area contributed by atoms with Crippen molar-refractivity contribution < 1.29 is 14.3 Å². The molecule has 23 heavy (non-hydrogen) atoms. The molecule has 2 aromatic rings. The van der Waals surface area contributed by atoms with E-state index in [2.05, 4.69) is 0 Å². The van der Waals surface area contributed by atoms with Crippen LogP contribution < -0.4 is 9.47 Å². The normalized spacial score (nSPS) is 16.4. The molecular weight excluding hydrogens is 314 g/mol. The number of ether oxygens (including phenoxy) is 2. The predicted octanol–water partition coefficient (Wildman–Crippen LogP) is 4.07. The SMILES string of the molecule is COc1ccc(CN2C(=O)c3cccc(Cl)c3C2C)c(OC)c1. The van der Waals surface area contributed by atoms with Crippen LogP contribution in [0.25, 0.3) is 0 Å². The zero-order chi connectivity index (χ0) is 16.6. The molecule has 1 unspecified atom stereocenters. The van der Waals surface area contributed by atoms with Gasteiger partial charge in [0.2, 0.25) is 0 Å². The van der Waals surface area contributed by atoms with E-state index in [-0.39, 0.29) is 11.9 Å². The molecule has 4 nitrogen and oxygen atoms in total. The highest BCUT2D eigenvalue weighted by atomic mass is 35.5. The van der Waals surface area contributed by atoms with Crippen molar-refractivity contribution in [2.24, 2.45) is 0 Å². The Morgan fingerprint density at radius 3 is 2.61 bits per heavy atom. The van der Waals surface area contributed by atoms with Crippen molar-refractivity contribution in [3.05, 3.63) is 58.1 Å². The minimum absolute atomic E-state index is 0.00660. The molecule has 0 spiro atoms. The Labute approximate surface area is 140 Å². The summed E-state index contributed by atoms with van der Waals surface area (Å²) in [6.45, 7) is 2.45. The molecule has 0 bridgehead atoms. The second-order valence-corrected chi connectivity index (χ2v) is 5.90. The zero-order valence-corrected chi connectivity index (χ0v) is 14.1. The second kappa shape index (κ2) is 6.13. The Morgan fingerprint density at radius 2 is 1.96 bits per heavy atom. The Bertz CT molecular complexity index is 760. The summed E-state index contributed by atoms with van der Waals surface area (Å²) in [4.78, 5) is 14.5. The lowest BCUT2D eigenvalue weighted by atomic mass is 10.1. The van der Waals surface area contributed by atoms with Crippen LogP contribution >= 0.6 is 11.6 Å². The van der Waals surface area contributed by atoms with Gasteiger partial charge in [-0.15, -0.1) is 0 Å². The van der Waals surface area contributed by atoms with Gasteiger partial charge in [-0.25, -0.2) is 0 Å². The molecule has 120 valence electrons. The average Bonchev–Trinajstić information content (AvgIpc) is 2.81. The monoisotopic (exact) mass is 331 g/mol. The predicted molar refractivity (Wildman–Crippen MR) is 89.3 cm³/mol. The third-order valence-corrected chi connectivity index (χ3v) is 4.59. The van der Waals surface area contributed by atoms with Gasteiger partial charge in [-0.05, 0) is 31.2 Å². The van der Waals surface area contributed by atoms with Gasteiger partial charge in [0.15, 0.2) is 0 Å². The maximum Gasteiger partial charge on any atom is 0.255 e. The van der Waals surface area contributed by atoms with Crippen LogP contribution in [0.5, 0.6) is 11.5 Å². The van der Waals surface area contributed by atoms with Crippen molar-refractivity contribution >= 4 is 17.5 Å². The van der Waals surface area contributed by atoms with Gasteiger partial charge in [0.1, 0.15) is 11.5 Å². The van der Waals surface area contributed by atoms with Gasteiger partial charge in [-0.2, -0.15) is 0 Å². The van der Waals surface area contributed by atoms with Crippen LogP contribution in [0.1, 0.15) is 34.5 Å². The number of methoxy groups -OCH3 is 2. The molecule has 1 heterocycles. The number of rotatable bonds is 4. The van der Waals surface area contributed by atoms with Crippen LogP contribution in [0.15, 0.2) is 36.4 Å². The molecule has 0 radical (unpaired) electrons. The second-order valence-electron chi connectivity index (χ2n) is 5.49. The van der Waals surface area contributed by atoms with Crippen LogP contribution in [0.3, 0.4) is 0 Å². The van der Waals surface area contributed by atoms with Crippen molar-refractivity contribution in [3.63, 3.8) is 0 Å². The third kappa shape index (κ3) is 2.63.